The Kier molecular flexibility index (Phi) is 7.80. The van der Waals surface area contributed by atoms with E-state index in [1.807, 2.05) is 66.7 Å². The summed E-state index contributed by atoms with van der Waals surface area (Å²) in [5.41, 5.74) is 1.80. The molecule has 3 rings (SSSR count). The van der Waals surface area contributed by atoms with Gasteiger partial charge in [-0.1, -0.05) is 78.6 Å². The fourth-order valence-corrected chi connectivity index (χ4v) is 4.33. The van der Waals surface area contributed by atoms with Gasteiger partial charge in [0.05, 0.1) is 10.6 Å². The van der Waals surface area contributed by atoms with Gasteiger partial charge in [-0.2, -0.15) is 0 Å². The number of nitrogens with zero attached hydrogens (tertiary/aromatic N) is 1. The van der Waals surface area contributed by atoms with Crippen molar-refractivity contribution in [2.45, 2.75) is 12.8 Å². The van der Waals surface area contributed by atoms with Gasteiger partial charge in [-0.25, -0.2) is 0 Å². The third kappa shape index (κ3) is 6.13. The van der Waals surface area contributed by atoms with Gasteiger partial charge in [0.25, 0.3) is 5.91 Å². The zero-order valence-corrected chi connectivity index (χ0v) is 18.7. The minimum Gasteiger partial charge on any atom is -0.325 e. The average Bonchev–Trinajstić information content (AvgIpc) is 2.98. The van der Waals surface area contributed by atoms with E-state index >= 15 is 0 Å². The number of hydrogen-bond donors (Lipinski definition) is 1. The van der Waals surface area contributed by atoms with Crippen LogP contribution in [0.1, 0.15) is 18.4 Å². The molecule has 0 atom stereocenters. The van der Waals surface area contributed by atoms with Gasteiger partial charge in [0.2, 0.25) is 5.91 Å². The zero-order chi connectivity index (χ0) is 20.6. The first-order valence-electron chi connectivity index (χ1n) is 9.06. The third-order valence-corrected chi connectivity index (χ3v) is 6.23. The van der Waals surface area contributed by atoms with E-state index in [0.717, 1.165) is 15.7 Å². The van der Waals surface area contributed by atoms with Crippen molar-refractivity contribution in [3.05, 3.63) is 81.7 Å². The second-order valence-electron chi connectivity index (χ2n) is 6.26. The van der Waals surface area contributed by atoms with Gasteiger partial charge in [-0.3, -0.25) is 14.5 Å². The number of para-hydroxylation sites is 1. The number of halogens is 1. The molecular weight excluding hydrogens is 468 g/mol. The lowest BCUT2D eigenvalue weighted by atomic mass is 10.2. The predicted octanol–water partition coefficient (Wildman–Crippen LogP) is 5.63. The van der Waals surface area contributed by atoms with Crippen LogP contribution < -0.4 is 5.32 Å². The maximum Gasteiger partial charge on any atom is 0.266 e. The van der Waals surface area contributed by atoms with Gasteiger partial charge in [-0.05, 0) is 46.1 Å². The van der Waals surface area contributed by atoms with Crippen LogP contribution in [0.4, 0.5) is 5.69 Å². The summed E-state index contributed by atoms with van der Waals surface area (Å²) in [5.74, 6) is -0.201. The van der Waals surface area contributed by atoms with Crippen molar-refractivity contribution in [1.29, 1.82) is 0 Å². The van der Waals surface area contributed by atoms with Crippen LogP contribution >= 0.6 is 39.9 Å². The van der Waals surface area contributed by atoms with E-state index in [1.54, 1.807) is 11.0 Å². The Labute approximate surface area is 188 Å². The molecule has 29 heavy (non-hydrogen) atoms. The minimum atomic E-state index is -0.107. The van der Waals surface area contributed by atoms with Crippen molar-refractivity contribution in [3.8, 4) is 0 Å². The molecule has 2 amide bonds. The Hall–Kier alpha value is -2.22. The molecule has 0 bridgehead atoms. The normalized spacial score (nSPS) is 15.5. The molecule has 1 heterocycles. The lowest BCUT2D eigenvalue weighted by Gasteiger charge is -2.14. The molecule has 0 saturated carbocycles. The maximum absolute atomic E-state index is 12.6. The van der Waals surface area contributed by atoms with Crippen molar-refractivity contribution in [1.82, 2.24) is 4.90 Å². The molecule has 0 unspecified atom stereocenters. The number of carbonyl (C=O) groups excluding carboxylic acids is 2. The van der Waals surface area contributed by atoms with E-state index in [2.05, 4.69) is 21.2 Å². The molecule has 0 aromatic heterocycles. The van der Waals surface area contributed by atoms with Crippen LogP contribution in [-0.4, -0.2) is 27.6 Å². The zero-order valence-electron chi connectivity index (χ0n) is 15.5. The number of carbonyl (C=O) groups is 2. The number of anilines is 1. The molecule has 2 aromatic rings. The summed E-state index contributed by atoms with van der Waals surface area (Å²) in [4.78, 5) is 26.9. The highest BCUT2D eigenvalue weighted by Crippen LogP contribution is 2.31. The molecular formula is C22H19BrN2O2S2. The molecule has 0 aliphatic carbocycles. The fraction of sp³-hybridized carbons (Fsp3) is 0.136. The SMILES string of the molecule is O=C(CCCN1C(=O)C(=CC=Cc2ccccc2)SC1=S)Nc1ccccc1Br. The van der Waals surface area contributed by atoms with Crippen LogP contribution in [0.3, 0.4) is 0 Å². The van der Waals surface area contributed by atoms with Crippen LogP contribution in [0.2, 0.25) is 0 Å². The molecule has 1 aliphatic rings. The molecule has 1 aliphatic heterocycles. The maximum atomic E-state index is 12.6. The summed E-state index contributed by atoms with van der Waals surface area (Å²) in [6.45, 7) is 0.424. The molecule has 0 spiro atoms. The highest BCUT2D eigenvalue weighted by Gasteiger charge is 2.31. The largest absolute Gasteiger partial charge is 0.325 e. The summed E-state index contributed by atoms with van der Waals surface area (Å²) < 4.78 is 1.36. The second-order valence-corrected chi connectivity index (χ2v) is 8.79. The summed E-state index contributed by atoms with van der Waals surface area (Å²) in [6.07, 6.45) is 6.43. The number of rotatable bonds is 7. The fourth-order valence-electron chi connectivity index (χ4n) is 2.69. The molecule has 1 N–H and O–H groups in total. The molecule has 4 nitrogen and oxygen atoms in total. The summed E-state index contributed by atoms with van der Waals surface area (Å²) in [5, 5.41) is 2.86. The van der Waals surface area contributed by atoms with Crippen molar-refractivity contribution in [2.75, 3.05) is 11.9 Å². The summed E-state index contributed by atoms with van der Waals surface area (Å²) >= 11 is 10.0. The van der Waals surface area contributed by atoms with Gasteiger partial charge >= 0.3 is 0 Å². The molecule has 2 aromatic carbocycles. The number of thioether (sulfide) groups is 1. The topological polar surface area (TPSA) is 49.4 Å². The van der Waals surface area contributed by atoms with Crippen LogP contribution in [0.15, 0.2) is 76.1 Å². The molecule has 1 fully saturated rings. The molecule has 1 saturated heterocycles. The Bertz CT molecular complexity index is 974. The highest BCUT2D eigenvalue weighted by atomic mass is 79.9. The quantitative estimate of drug-likeness (QED) is 0.407. The number of hydrogen-bond acceptors (Lipinski definition) is 4. The van der Waals surface area contributed by atoms with Crippen LogP contribution in [-0.2, 0) is 9.59 Å². The Morgan fingerprint density at radius 2 is 1.86 bits per heavy atom. The standard InChI is InChI=1S/C22H19BrN2O2S2/c23-17-11-4-5-12-18(17)24-20(26)14-7-15-25-21(27)19(29-22(25)28)13-6-10-16-8-2-1-3-9-16/h1-6,8-13H,7,14-15H2,(H,24,26). The molecule has 7 heteroatoms. The van der Waals surface area contributed by atoms with Crippen molar-refractivity contribution < 1.29 is 9.59 Å². The summed E-state index contributed by atoms with van der Waals surface area (Å²) in [6, 6.07) is 17.3. The Balaban J connectivity index is 1.50. The lowest BCUT2D eigenvalue weighted by Crippen LogP contribution is -2.29. The number of allylic oxidation sites excluding steroid dienone is 2. The first-order valence-corrected chi connectivity index (χ1v) is 11.1. The van der Waals surface area contributed by atoms with Crippen molar-refractivity contribution in [2.24, 2.45) is 0 Å². The van der Waals surface area contributed by atoms with Gasteiger partial charge < -0.3 is 5.32 Å². The van der Waals surface area contributed by atoms with Gasteiger partial charge in [0.1, 0.15) is 4.32 Å². The van der Waals surface area contributed by atoms with E-state index < -0.39 is 0 Å². The van der Waals surface area contributed by atoms with Crippen molar-refractivity contribution >= 4 is 67.8 Å². The number of nitrogens with one attached hydrogen (secondary N) is 1. The van der Waals surface area contributed by atoms with Gasteiger partial charge in [0, 0.05) is 17.4 Å². The molecule has 0 radical (unpaired) electrons. The Morgan fingerprint density at radius 3 is 2.62 bits per heavy atom. The lowest BCUT2D eigenvalue weighted by molar-refractivity contribution is -0.122. The van der Waals surface area contributed by atoms with E-state index in [4.69, 9.17) is 12.2 Å². The number of amides is 2. The van der Waals surface area contributed by atoms with Crippen LogP contribution in [0.5, 0.6) is 0 Å². The van der Waals surface area contributed by atoms with Gasteiger partial charge in [0.15, 0.2) is 0 Å². The highest BCUT2D eigenvalue weighted by molar-refractivity contribution is 9.10. The van der Waals surface area contributed by atoms with E-state index in [1.165, 1.54) is 11.8 Å². The monoisotopic (exact) mass is 486 g/mol. The van der Waals surface area contributed by atoms with E-state index in [-0.39, 0.29) is 11.8 Å². The first kappa shape index (κ1) is 21.5. The number of benzene rings is 2. The van der Waals surface area contributed by atoms with Crippen molar-refractivity contribution in [3.63, 3.8) is 0 Å². The van der Waals surface area contributed by atoms with E-state index in [9.17, 15) is 9.59 Å². The van der Waals surface area contributed by atoms with Crippen LogP contribution in [0, 0.1) is 0 Å². The number of thiocarbonyl (C=S) groups is 1. The summed E-state index contributed by atoms with van der Waals surface area (Å²) in [7, 11) is 0. The smallest absolute Gasteiger partial charge is 0.266 e. The Morgan fingerprint density at radius 1 is 1.14 bits per heavy atom. The first-order chi connectivity index (χ1) is 14.0. The average molecular weight is 487 g/mol. The predicted molar refractivity (Wildman–Crippen MR) is 127 cm³/mol. The third-order valence-electron chi connectivity index (χ3n) is 4.14. The van der Waals surface area contributed by atoms with E-state index in [0.29, 0.717) is 28.6 Å². The minimum absolute atomic E-state index is 0.0938. The second kappa shape index (κ2) is 10.5. The van der Waals surface area contributed by atoms with Crippen LogP contribution in [0.25, 0.3) is 6.08 Å². The molecule has 148 valence electrons. The van der Waals surface area contributed by atoms with Gasteiger partial charge in [-0.15, -0.1) is 0 Å².